The first-order chi connectivity index (χ1) is 30.3. The fourth-order valence-corrected chi connectivity index (χ4v) is 12.7. The number of hydrogen-bond donors (Lipinski definition) is 2. The summed E-state index contributed by atoms with van der Waals surface area (Å²) in [5.74, 6) is 1.27. The van der Waals surface area contributed by atoms with Gasteiger partial charge in [-0.05, 0) is 144 Å². The van der Waals surface area contributed by atoms with E-state index in [4.69, 9.17) is 48.0 Å². The second kappa shape index (κ2) is 16.8. The molecule has 14 nitrogen and oxygen atoms in total. The molecule has 2 N–H and O–H groups in total. The van der Waals surface area contributed by atoms with Gasteiger partial charge in [0.25, 0.3) is 11.8 Å². The molecule has 2 aromatic carbocycles. The number of unbranched alkanes of at least 4 members (excludes halogenated alkanes) is 2. The Morgan fingerprint density at radius 1 is 0.556 bits per heavy atom. The number of rotatable bonds is 12. The summed E-state index contributed by atoms with van der Waals surface area (Å²) in [6, 6.07) is 14.4. The zero-order chi connectivity index (χ0) is 43.7. The summed E-state index contributed by atoms with van der Waals surface area (Å²) in [5.41, 5.74) is -0.170. The van der Waals surface area contributed by atoms with Crippen molar-refractivity contribution in [3.63, 3.8) is 0 Å². The van der Waals surface area contributed by atoms with Gasteiger partial charge in [0.05, 0.1) is 0 Å². The average molecular weight is 875 g/mol. The van der Waals surface area contributed by atoms with Crippen LogP contribution in [0, 0.1) is 47.3 Å². The summed E-state index contributed by atoms with van der Waals surface area (Å²) in [6.45, 7) is 13.8. The molecule has 2 aromatic rings. The van der Waals surface area contributed by atoms with Crippen LogP contribution in [0.25, 0.3) is 0 Å². The molecule has 2 spiro atoms. The van der Waals surface area contributed by atoms with E-state index in [9.17, 15) is 9.59 Å². The van der Waals surface area contributed by atoms with Crippen molar-refractivity contribution in [3.05, 3.63) is 59.7 Å². The first kappa shape index (κ1) is 43.5. The summed E-state index contributed by atoms with van der Waals surface area (Å²) >= 11 is 0. The van der Waals surface area contributed by atoms with Crippen molar-refractivity contribution in [2.45, 2.75) is 160 Å². The first-order valence-electron chi connectivity index (χ1n) is 23.8. The van der Waals surface area contributed by atoms with Crippen LogP contribution in [0.2, 0.25) is 0 Å². The summed E-state index contributed by atoms with van der Waals surface area (Å²) in [5, 5.41) is 6.03. The minimum Gasteiger partial charge on any atom is -0.465 e. The molecule has 2 aliphatic carbocycles. The van der Waals surface area contributed by atoms with Gasteiger partial charge in [-0.1, -0.05) is 27.7 Å². The molecule has 2 saturated carbocycles. The Labute approximate surface area is 370 Å². The molecule has 7 unspecified atom stereocenters. The maximum absolute atomic E-state index is 13.0. The molecule has 2 amide bonds. The number of ether oxygens (including phenoxy) is 6. The lowest BCUT2D eigenvalue weighted by molar-refractivity contribution is -0.575. The van der Waals surface area contributed by atoms with Gasteiger partial charge >= 0.3 is 0 Å². The van der Waals surface area contributed by atoms with Gasteiger partial charge in [-0.3, -0.25) is 9.59 Å². The lowest BCUT2D eigenvalue weighted by atomic mass is 9.58. The Bertz CT molecular complexity index is 1850. The lowest BCUT2D eigenvalue weighted by Crippen LogP contribution is -2.70. The largest absolute Gasteiger partial charge is 0.465 e. The van der Waals surface area contributed by atoms with Gasteiger partial charge in [0.1, 0.15) is 11.5 Å². The average Bonchev–Trinajstić information content (AvgIpc) is 3.65. The van der Waals surface area contributed by atoms with Gasteiger partial charge in [0, 0.05) is 60.7 Å². The standard InChI is InChI=1S/C49H66N2O12/c1-28-10-20-38-30(3)42(56-44-48(38)36(28)22-24-46(5,58-44)60-62-48)54-34-16-12-32(13-17-34)40(52)50-26-8-7-9-27-51-41(53)33-14-18-35(19-15-33)55-43-31(4)39-21-11-29(2)37-23-25-47(6)59-45(57-43)49(37,39)63-61-47/h12-19,28-31,36-39,42-45H,7-11,20-27H2,1-6H3,(H,50,52)(H,51,53)/t28-,29-,30-,31-,36?,37?,38?,39?,42+,43?,44?,45?,46-,47-,48-,49-/m1/s1. The van der Waals surface area contributed by atoms with Crippen molar-refractivity contribution in [1.29, 1.82) is 0 Å². The van der Waals surface area contributed by atoms with E-state index in [-0.39, 0.29) is 35.5 Å². The molecule has 0 radical (unpaired) electrons. The van der Waals surface area contributed by atoms with Crippen LogP contribution in [0.3, 0.4) is 0 Å². The number of carbonyl (C=O) groups is 2. The third kappa shape index (κ3) is 7.67. The third-order valence-electron chi connectivity index (χ3n) is 16.4. The van der Waals surface area contributed by atoms with Crippen LogP contribution < -0.4 is 20.1 Å². The minimum atomic E-state index is -0.843. The van der Waals surface area contributed by atoms with Gasteiger partial charge < -0.3 is 39.1 Å². The highest BCUT2D eigenvalue weighted by Crippen LogP contribution is 2.62. The monoisotopic (exact) mass is 874 g/mol. The zero-order valence-electron chi connectivity index (χ0n) is 37.6. The van der Waals surface area contributed by atoms with E-state index in [1.165, 1.54) is 0 Å². The number of benzene rings is 2. The molecule has 8 aliphatic heterocycles. The van der Waals surface area contributed by atoms with Crippen LogP contribution in [0.5, 0.6) is 11.5 Å². The van der Waals surface area contributed by atoms with Crippen LogP contribution in [-0.2, 0) is 38.5 Å². The van der Waals surface area contributed by atoms with E-state index in [1.54, 1.807) is 24.3 Å². The normalized spacial score (nSPS) is 43.4. The van der Waals surface area contributed by atoms with Crippen LogP contribution in [0.15, 0.2) is 48.5 Å². The van der Waals surface area contributed by atoms with Gasteiger partial charge in [0.2, 0.25) is 24.2 Å². The van der Waals surface area contributed by atoms with Crippen LogP contribution in [0.4, 0.5) is 0 Å². The molecule has 10 aliphatic rings. The molecule has 14 heteroatoms. The number of fused-ring (bicyclic) bond motifs is 4. The van der Waals surface area contributed by atoms with Gasteiger partial charge in [-0.25, -0.2) is 19.6 Å². The number of carbonyl (C=O) groups excluding carboxylic acids is 2. The predicted octanol–water partition coefficient (Wildman–Crippen LogP) is 8.19. The molecular weight excluding hydrogens is 809 g/mol. The minimum absolute atomic E-state index is 0.0439. The molecule has 4 bridgehead atoms. The summed E-state index contributed by atoms with van der Waals surface area (Å²) in [4.78, 5) is 50.3. The number of nitrogens with one attached hydrogen (secondary N) is 2. The highest BCUT2D eigenvalue weighted by Gasteiger charge is 2.71. The molecule has 8 saturated heterocycles. The number of hydrogen-bond acceptors (Lipinski definition) is 12. The van der Waals surface area contributed by atoms with Crippen molar-refractivity contribution in [3.8, 4) is 11.5 Å². The Morgan fingerprint density at radius 2 is 0.968 bits per heavy atom. The Balaban J connectivity index is 0.644. The van der Waals surface area contributed by atoms with Gasteiger partial charge in [-0.2, -0.15) is 0 Å². The van der Waals surface area contributed by atoms with Crippen molar-refractivity contribution in [2.24, 2.45) is 47.3 Å². The molecular formula is C49H66N2O12. The summed E-state index contributed by atoms with van der Waals surface area (Å²) < 4.78 is 38.9. The molecule has 0 aromatic heterocycles. The molecule has 8 heterocycles. The second-order valence-corrected chi connectivity index (χ2v) is 20.4. The third-order valence-corrected chi connectivity index (χ3v) is 16.4. The lowest BCUT2D eigenvalue weighted by Gasteiger charge is -2.60. The summed E-state index contributed by atoms with van der Waals surface area (Å²) in [6.07, 6.45) is 7.92. The van der Waals surface area contributed by atoms with Crippen LogP contribution in [0.1, 0.15) is 133 Å². The molecule has 12 rings (SSSR count). The highest BCUT2D eigenvalue weighted by molar-refractivity contribution is 5.94. The van der Waals surface area contributed by atoms with Crippen molar-refractivity contribution in [2.75, 3.05) is 13.1 Å². The van der Waals surface area contributed by atoms with Crippen molar-refractivity contribution in [1.82, 2.24) is 10.6 Å². The smallest absolute Gasteiger partial charge is 0.251 e. The molecule has 63 heavy (non-hydrogen) atoms. The Kier molecular flexibility index (Phi) is 11.6. The van der Waals surface area contributed by atoms with Gasteiger partial charge in [-0.15, -0.1) is 0 Å². The first-order valence-corrected chi connectivity index (χ1v) is 23.8. The van der Waals surface area contributed by atoms with E-state index in [2.05, 4.69) is 38.3 Å². The maximum Gasteiger partial charge on any atom is 0.251 e. The van der Waals surface area contributed by atoms with Crippen molar-refractivity contribution >= 4 is 11.8 Å². The van der Waals surface area contributed by atoms with Crippen LogP contribution >= 0.6 is 0 Å². The van der Waals surface area contributed by atoms with Crippen molar-refractivity contribution < 1.29 is 57.6 Å². The quantitative estimate of drug-likeness (QED) is 0.156. The summed E-state index contributed by atoms with van der Waals surface area (Å²) in [7, 11) is 0. The van der Waals surface area contributed by atoms with Crippen LogP contribution in [-0.4, -0.2) is 72.8 Å². The van der Waals surface area contributed by atoms with E-state index >= 15 is 0 Å². The fraction of sp³-hybridized carbons (Fsp3) is 0.714. The zero-order valence-corrected chi connectivity index (χ0v) is 37.6. The topological polar surface area (TPSA) is 150 Å². The second-order valence-electron chi connectivity index (χ2n) is 20.4. The SMILES string of the molecule is C[C@H]1C(Oc2ccc(C(=O)NCCCCCNC(=O)c3ccc(O[C@H]4OC5O[C@@]6(C)CCC7[C@H](C)CCC([C@H]4C)[C@@]57OO6)cc3)cc2)OC2O[C@@]3(C)CCC4[C@H](C)CCC1[C@@]24OO3. The maximum atomic E-state index is 13.0. The Morgan fingerprint density at radius 3 is 1.38 bits per heavy atom. The van der Waals surface area contributed by atoms with E-state index in [0.717, 1.165) is 70.6 Å². The molecule has 344 valence electrons. The van der Waals surface area contributed by atoms with Gasteiger partial charge in [0.15, 0.2) is 23.8 Å². The predicted molar refractivity (Wildman–Crippen MR) is 226 cm³/mol. The molecule has 16 atom stereocenters. The van der Waals surface area contributed by atoms with E-state index in [0.29, 0.717) is 59.4 Å². The molecule has 10 fully saturated rings. The Hall–Kier alpha value is -3.34. The fourth-order valence-electron chi connectivity index (χ4n) is 12.7. The number of amides is 2. The van der Waals surface area contributed by atoms with E-state index < -0.39 is 47.9 Å². The van der Waals surface area contributed by atoms with E-state index in [1.807, 2.05) is 38.1 Å². The highest BCUT2D eigenvalue weighted by atomic mass is 17.3.